The summed E-state index contributed by atoms with van der Waals surface area (Å²) < 4.78 is 72.1. The van der Waals surface area contributed by atoms with Gasteiger partial charge in [0.2, 0.25) is 5.91 Å². The number of aryl methyl sites for hydroxylation is 2. The van der Waals surface area contributed by atoms with Crippen LogP contribution in [0.4, 0.5) is 22.0 Å². The van der Waals surface area contributed by atoms with E-state index in [0.717, 1.165) is 10.8 Å². The van der Waals surface area contributed by atoms with E-state index in [4.69, 9.17) is 11.6 Å². The molecule has 2 atom stereocenters. The molecular formula is C33H37ClF5N3O4. The highest BCUT2D eigenvalue weighted by molar-refractivity contribution is 6.31. The minimum absolute atomic E-state index is 0.00125. The Morgan fingerprint density at radius 2 is 1.65 bits per heavy atom. The molecule has 7 nitrogen and oxygen atoms in total. The molecule has 3 aromatic rings. The number of amides is 1. The first kappa shape index (κ1) is 36.7. The number of carbonyl (C=O) groups excluding carboxylic acids is 1. The highest BCUT2D eigenvalue weighted by Crippen LogP contribution is 2.36. The summed E-state index contributed by atoms with van der Waals surface area (Å²) in [4.78, 5) is 40.6. The third-order valence-corrected chi connectivity index (χ3v) is 7.82. The Hall–Kier alpha value is -3.77. The van der Waals surface area contributed by atoms with Crippen molar-refractivity contribution in [2.24, 2.45) is 5.92 Å². The van der Waals surface area contributed by atoms with Crippen LogP contribution >= 0.6 is 11.6 Å². The molecule has 1 aromatic heterocycles. The lowest BCUT2D eigenvalue weighted by atomic mass is 9.92. The van der Waals surface area contributed by atoms with Crippen molar-refractivity contribution in [3.8, 4) is 11.1 Å². The Kier molecular flexibility index (Phi) is 11.8. The van der Waals surface area contributed by atoms with Gasteiger partial charge in [0.15, 0.2) is 0 Å². The van der Waals surface area contributed by atoms with Gasteiger partial charge in [0.25, 0.3) is 5.56 Å². The van der Waals surface area contributed by atoms with Gasteiger partial charge in [0.1, 0.15) is 17.7 Å². The average molecular weight is 670 g/mol. The minimum atomic E-state index is -4.81. The second-order valence-corrected chi connectivity index (χ2v) is 12.5. The Bertz CT molecular complexity index is 1650. The molecule has 0 aliphatic rings. The quantitative estimate of drug-likeness (QED) is 0.201. The Labute approximate surface area is 269 Å². The number of nitrogens with one attached hydrogen (secondary N) is 1. The van der Waals surface area contributed by atoms with E-state index in [9.17, 15) is 37.1 Å². The van der Waals surface area contributed by atoms with E-state index in [1.165, 1.54) is 24.3 Å². The molecule has 0 bridgehead atoms. The van der Waals surface area contributed by atoms with Gasteiger partial charge in [-0.2, -0.15) is 13.2 Å². The van der Waals surface area contributed by atoms with Crippen LogP contribution in [0.3, 0.4) is 0 Å². The smallest absolute Gasteiger partial charge is 0.416 e. The summed E-state index contributed by atoms with van der Waals surface area (Å²) in [6.07, 6.45) is -4.65. The van der Waals surface area contributed by atoms with Gasteiger partial charge in [0.05, 0.1) is 23.0 Å². The molecule has 3 rings (SSSR count). The highest BCUT2D eigenvalue weighted by Gasteiger charge is 2.36. The van der Waals surface area contributed by atoms with Crippen molar-refractivity contribution >= 4 is 23.5 Å². The molecule has 0 saturated heterocycles. The number of alkyl halides is 3. The molecule has 1 heterocycles. The average Bonchev–Trinajstić information content (AvgIpc) is 2.90. The van der Waals surface area contributed by atoms with E-state index >= 15 is 4.39 Å². The van der Waals surface area contributed by atoms with E-state index in [0.29, 0.717) is 28.3 Å². The molecule has 0 saturated carbocycles. The summed E-state index contributed by atoms with van der Waals surface area (Å²) in [6, 6.07) is 2.80. The predicted octanol–water partition coefficient (Wildman–Crippen LogP) is 7.11. The second kappa shape index (κ2) is 14.8. The molecule has 2 N–H and O–H groups in total. The van der Waals surface area contributed by atoms with Gasteiger partial charge < -0.3 is 19.9 Å². The monoisotopic (exact) mass is 669 g/mol. The summed E-state index contributed by atoms with van der Waals surface area (Å²) in [7, 11) is 3.36. The van der Waals surface area contributed by atoms with Crippen LogP contribution in [-0.2, 0) is 22.2 Å². The molecule has 0 fully saturated rings. The molecule has 2 aromatic carbocycles. The maximum atomic E-state index is 15.6. The maximum Gasteiger partial charge on any atom is 0.416 e. The van der Waals surface area contributed by atoms with Crippen LogP contribution in [-0.4, -0.2) is 47.1 Å². The molecule has 13 heteroatoms. The number of carboxylic acid groups (broad SMARTS) is 1. The topological polar surface area (TPSA) is 91.6 Å². The summed E-state index contributed by atoms with van der Waals surface area (Å²) in [5.41, 5.74) is -0.745. The lowest BCUT2D eigenvalue weighted by molar-refractivity contribution is -0.139. The summed E-state index contributed by atoms with van der Waals surface area (Å²) in [5, 5.41) is 11.9. The SMILES string of the molecule is Cc1cc(F)cc(C)c1-c1cc(Cl)c(F)c([C@H](CC(=O)O)NC(=O)C(CC(C)C)n2cc(CCN(C)C)c(C(F)(F)F)cc2=O)c1. The molecule has 1 amide bonds. The van der Waals surface area contributed by atoms with Gasteiger partial charge in [-0.3, -0.25) is 14.4 Å². The van der Waals surface area contributed by atoms with Crippen molar-refractivity contribution in [3.63, 3.8) is 0 Å². The summed E-state index contributed by atoms with van der Waals surface area (Å²) in [6.45, 7) is 7.00. The van der Waals surface area contributed by atoms with Crippen molar-refractivity contribution in [1.82, 2.24) is 14.8 Å². The fourth-order valence-electron chi connectivity index (χ4n) is 5.49. The minimum Gasteiger partial charge on any atom is -0.481 e. The van der Waals surface area contributed by atoms with Gasteiger partial charge in [-0.15, -0.1) is 0 Å². The summed E-state index contributed by atoms with van der Waals surface area (Å²) in [5.74, 6) is -3.99. The lowest BCUT2D eigenvalue weighted by Gasteiger charge is -2.27. The van der Waals surface area contributed by atoms with Crippen LogP contribution in [0, 0.1) is 31.4 Å². The number of pyridine rings is 1. The number of aromatic nitrogens is 1. The molecule has 0 radical (unpaired) electrons. The largest absolute Gasteiger partial charge is 0.481 e. The fraction of sp³-hybridized carbons (Fsp3) is 0.424. The number of likely N-dealkylation sites (N-methyl/N-ethyl adjacent to an activating group) is 1. The molecule has 46 heavy (non-hydrogen) atoms. The maximum absolute atomic E-state index is 15.6. The van der Waals surface area contributed by atoms with Crippen LogP contribution < -0.4 is 10.9 Å². The summed E-state index contributed by atoms with van der Waals surface area (Å²) >= 11 is 6.24. The van der Waals surface area contributed by atoms with Gasteiger partial charge in [-0.25, -0.2) is 8.78 Å². The number of carbonyl (C=O) groups is 2. The molecule has 0 aliphatic heterocycles. The van der Waals surface area contributed by atoms with E-state index in [1.807, 2.05) is 0 Å². The first-order chi connectivity index (χ1) is 21.3. The number of carboxylic acids is 1. The van der Waals surface area contributed by atoms with E-state index in [-0.39, 0.29) is 41.5 Å². The number of rotatable bonds is 12. The number of aliphatic carboxylic acids is 1. The Morgan fingerprint density at radius 3 is 2.17 bits per heavy atom. The lowest BCUT2D eigenvalue weighted by Crippen LogP contribution is -2.41. The molecule has 250 valence electrons. The molecular weight excluding hydrogens is 633 g/mol. The van der Waals surface area contributed by atoms with Crippen molar-refractivity contribution in [2.75, 3.05) is 20.6 Å². The van der Waals surface area contributed by atoms with E-state index < -0.39 is 59.3 Å². The van der Waals surface area contributed by atoms with Crippen molar-refractivity contribution in [3.05, 3.63) is 91.4 Å². The van der Waals surface area contributed by atoms with Crippen LogP contribution in [0.1, 0.15) is 66.6 Å². The Morgan fingerprint density at radius 1 is 1.04 bits per heavy atom. The predicted molar refractivity (Wildman–Crippen MR) is 166 cm³/mol. The van der Waals surface area contributed by atoms with Crippen LogP contribution in [0.25, 0.3) is 11.1 Å². The van der Waals surface area contributed by atoms with Gasteiger partial charge in [0, 0.05) is 24.4 Å². The number of hydrogen-bond acceptors (Lipinski definition) is 4. The number of benzene rings is 2. The molecule has 0 spiro atoms. The van der Waals surface area contributed by atoms with Crippen molar-refractivity contribution in [1.29, 1.82) is 0 Å². The standard InChI is InChI=1S/C33H37ClF5N3O4/c1-17(2)9-27(42-16-20(7-8-41(5)6)24(14-28(42)43)33(37,38)39)32(46)40-26(15-29(44)45)23-12-21(13-25(34)31(23)36)30-18(3)10-22(35)11-19(30)4/h10-14,16-17,26-27H,7-9,15H2,1-6H3,(H,40,46)(H,44,45)/t26-,27?/m0/s1. The number of hydrogen-bond donors (Lipinski definition) is 2. The van der Waals surface area contributed by atoms with Crippen molar-refractivity contribution < 1.29 is 36.6 Å². The number of nitrogens with zero attached hydrogens (tertiary/aromatic N) is 2. The van der Waals surface area contributed by atoms with Gasteiger partial charge in [-0.1, -0.05) is 25.4 Å². The van der Waals surface area contributed by atoms with Crippen LogP contribution in [0.2, 0.25) is 5.02 Å². The zero-order valence-electron chi connectivity index (χ0n) is 26.4. The zero-order chi connectivity index (χ0) is 34.7. The second-order valence-electron chi connectivity index (χ2n) is 12.1. The molecule has 1 unspecified atom stereocenters. The third-order valence-electron chi connectivity index (χ3n) is 7.54. The van der Waals surface area contributed by atoms with E-state index in [2.05, 4.69) is 5.32 Å². The zero-order valence-corrected chi connectivity index (χ0v) is 27.1. The van der Waals surface area contributed by atoms with Crippen LogP contribution in [0.15, 0.2) is 41.3 Å². The van der Waals surface area contributed by atoms with E-state index in [1.54, 1.807) is 46.7 Å². The van der Waals surface area contributed by atoms with Gasteiger partial charge in [-0.05, 0) is 98.8 Å². The Balaban J connectivity index is 2.15. The first-order valence-electron chi connectivity index (χ1n) is 14.5. The van der Waals surface area contributed by atoms with Gasteiger partial charge >= 0.3 is 12.1 Å². The third kappa shape index (κ3) is 8.94. The molecule has 0 aliphatic carbocycles. The highest BCUT2D eigenvalue weighted by atomic mass is 35.5. The normalized spacial score (nSPS) is 13.3. The first-order valence-corrected chi connectivity index (χ1v) is 14.9. The van der Waals surface area contributed by atoms with Crippen LogP contribution in [0.5, 0.6) is 0 Å². The number of halogens is 6. The fourth-order valence-corrected chi connectivity index (χ4v) is 5.72. The van der Waals surface area contributed by atoms with Crippen molar-refractivity contribution in [2.45, 2.75) is 65.2 Å².